The first kappa shape index (κ1) is 11.2. The highest BCUT2D eigenvalue weighted by Gasteiger charge is 2.18. The van der Waals surface area contributed by atoms with Gasteiger partial charge in [0.2, 0.25) is 0 Å². The van der Waals surface area contributed by atoms with Crippen LogP contribution in [0.25, 0.3) is 0 Å². The molecule has 0 spiro atoms. The van der Waals surface area contributed by atoms with E-state index in [1.165, 1.54) is 0 Å². The molecule has 1 heterocycles. The fourth-order valence-electron chi connectivity index (χ4n) is 1.64. The van der Waals surface area contributed by atoms with E-state index in [-0.39, 0.29) is 6.61 Å². The molecule has 0 aliphatic carbocycles. The van der Waals surface area contributed by atoms with E-state index in [0.29, 0.717) is 12.6 Å². The summed E-state index contributed by atoms with van der Waals surface area (Å²) in [5, 5.41) is 12.6. The molecule has 0 bridgehead atoms. The van der Waals surface area contributed by atoms with Gasteiger partial charge in [0.05, 0.1) is 32.5 Å². The summed E-state index contributed by atoms with van der Waals surface area (Å²) in [4.78, 5) is 0. The number of anilines is 1. The fraction of sp³-hybridized carbons (Fsp3) is 0.500. The Labute approximate surface area is 95.2 Å². The molecule has 4 heteroatoms. The Morgan fingerprint density at radius 3 is 2.88 bits per heavy atom. The van der Waals surface area contributed by atoms with Gasteiger partial charge in [-0.25, -0.2) is 0 Å². The first-order valence-electron chi connectivity index (χ1n) is 5.54. The van der Waals surface area contributed by atoms with Crippen molar-refractivity contribution in [2.24, 2.45) is 0 Å². The third-order valence-corrected chi connectivity index (χ3v) is 2.54. The average Bonchev–Trinajstić information content (AvgIpc) is 2.25. The smallest absolute Gasteiger partial charge is 0.124 e. The molecule has 88 valence electrons. The highest BCUT2D eigenvalue weighted by molar-refractivity contribution is 5.51. The van der Waals surface area contributed by atoms with E-state index in [9.17, 15) is 5.11 Å². The van der Waals surface area contributed by atoms with Gasteiger partial charge in [-0.05, 0) is 25.1 Å². The normalized spacial score (nSPS) is 15.6. The second-order valence-corrected chi connectivity index (χ2v) is 3.79. The monoisotopic (exact) mass is 223 g/mol. The van der Waals surface area contributed by atoms with E-state index in [1.807, 2.05) is 25.1 Å². The maximum absolute atomic E-state index is 9.24. The maximum atomic E-state index is 9.24. The lowest BCUT2D eigenvalue weighted by atomic mass is 10.1. The van der Waals surface area contributed by atoms with E-state index in [4.69, 9.17) is 9.47 Å². The molecule has 0 aromatic heterocycles. The van der Waals surface area contributed by atoms with Crippen LogP contribution in [0.3, 0.4) is 0 Å². The van der Waals surface area contributed by atoms with Gasteiger partial charge in [-0.1, -0.05) is 0 Å². The van der Waals surface area contributed by atoms with Crippen molar-refractivity contribution in [2.45, 2.75) is 19.6 Å². The van der Waals surface area contributed by atoms with Gasteiger partial charge in [0.15, 0.2) is 0 Å². The first-order chi connectivity index (χ1) is 7.83. The zero-order valence-electron chi connectivity index (χ0n) is 9.40. The number of aliphatic hydroxyl groups is 1. The highest BCUT2D eigenvalue weighted by Crippen LogP contribution is 2.24. The molecule has 0 amide bonds. The van der Waals surface area contributed by atoms with Crippen molar-refractivity contribution in [1.29, 1.82) is 0 Å². The third kappa shape index (κ3) is 2.46. The van der Waals surface area contributed by atoms with Crippen LogP contribution in [0.2, 0.25) is 0 Å². The number of hydrogen-bond acceptors (Lipinski definition) is 4. The van der Waals surface area contributed by atoms with Gasteiger partial charge < -0.3 is 19.9 Å². The molecule has 1 aliphatic heterocycles. The van der Waals surface area contributed by atoms with Gasteiger partial charge in [0, 0.05) is 11.3 Å². The number of benzene rings is 1. The predicted molar refractivity (Wildman–Crippen MR) is 61.8 cm³/mol. The summed E-state index contributed by atoms with van der Waals surface area (Å²) in [6, 6.07) is 6.16. The van der Waals surface area contributed by atoms with Gasteiger partial charge in [-0.2, -0.15) is 0 Å². The van der Waals surface area contributed by atoms with Crippen LogP contribution in [0.1, 0.15) is 12.5 Å². The quantitative estimate of drug-likeness (QED) is 0.792. The Morgan fingerprint density at radius 1 is 1.50 bits per heavy atom. The SMILES string of the molecule is CCOc1ccc(NC2COC2)cc1CO. The van der Waals surface area contributed by atoms with Gasteiger partial charge >= 0.3 is 0 Å². The molecule has 1 aromatic carbocycles. The molecule has 1 aromatic rings. The van der Waals surface area contributed by atoms with Gasteiger partial charge in [0.25, 0.3) is 0 Å². The zero-order chi connectivity index (χ0) is 11.4. The Balaban J connectivity index is 2.08. The van der Waals surface area contributed by atoms with Crippen molar-refractivity contribution in [3.63, 3.8) is 0 Å². The van der Waals surface area contributed by atoms with Crippen LogP contribution in [0.5, 0.6) is 5.75 Å². The van der Waals surface area contributed by atoms with E-state index in [0.717, 1.165) is 30.2 Å². The lowest BCUT2D eigenvalue weighted by molar-refractivity contribution is 0.0211. The fourth-order valence-corrected chi connectivity index (χ4v) is 1.64. The Morgan fingerprint density at radius 2 is 2.31 bits per heavy atom. The largest absolute Gasteiger partial charge is 0.494 e. The summed E-state index contributed by atoms with van der Waals surface area (Å²) in [6.45, 7) is 4.03. The van der Waals surface area contributed by atoms with Gasteiger partial charge in [-0.15, -0.1) is 0 Å². The van der Waals surface area contributed by atoms with Crippen LogP contribution in [0, 0.1) is 0 Å². The summed E-state index contributed by atoms with van der Waals surface area (Å²) in [5.41, 5.74) is 1.81. The number of nitrogens with one attached hydrogen (secondary N) is 1. The summed E-state index contributed by atoms with van der Waals surface area (Å²) >= 11 is 0. The van der Waals surface area contributed by atoms with Crippen LogP contribution >= 0.6 is 0 Å². The Kier molecular flexibility index (Phi) is 3.64. The minimum atomic E-state index is -0.00792. The molecule has 0 unspecified atom stereocenters. The zero-order valence-corrected chi connectivity index (χ0v) is 9.40. The number of aliphatic hydroxyl groups excluding tert-OH is 1. The molecule has 16 heavy (non-hydrogen) atoms. The van der Waals surface area contributed by atoms with Crippen molar-refractivity contribution < 1.29 is 14.6 Å². The van der Waals surface area contributed by atoms with Crippen LogP contribution in [-0.2, 0) is 11.3 Å². The van der Waals surface area contributed by atoms with Gasteiger partial charge in [0.1, 0.15) is 5.75 Å². The molecule has 2 N–H and O–H groups in total. The average molecular weight is 223 g/mol. The van der Waals surface area contributed by atoms with E-state index in [2.05, 4.69) is 5.32 Å². The molecule has 1 saturated heterocycles. The number of rotatable bonds is 5. The first-order valence-corrected chi connectivity index (χ1v) is 5.54. The summed E-state index contributed by atoms with van der Waals surface area (Å²) in [6.07, 6.45) is 0. The summed E-state index contributed by atoms with van der Waals surface area (Å²) in [7, 11) is 0. The lowest BCUT2D eigenvalue weighted by Gasteiger charge is -2.28. The number of hydrogen-bond donors (Lipinski definition) is 2. The maximum Gasteiger partial charge on any atom is 0.124 e. The van der Waals surface area contributed by atoms with Crippen LogP contribution in [-0.4, -0.2) is 31.0 Å². The van der Waals surface area contributed by atoms with E-state index in [1.54, 1.807) is 0 Å². The Bertz CT molecular complexity index is 350. The molecule has 0 radical (unpaired) electrons. The van der Waals surface area contributed by atoms with Gasteiger partial charge in [-0.3, -0.25) is 0 Å². The number of ether oxygens (including phenoxy) is 2. The summed E-state index contributed by atoms with van der Waals surface area (Å²) < 4.78 is 10.5. The topological polar surface area (TPSA) is 50.7 Å². The van der Waals surface area contributed by atoms with Crippen LogP contribution in [0.4, 0.5) is 5.69 Å². The molecule has 0 saturated carbocycles. The molecule has 2 rings (SSSR count). The van der Waals surface area contributed by atoms with Crippen LogP contribution in [0.15, 0.2) is 18.2 Å². The molecular weight excluding hydrogens is 206 g/mol. The molecule has 0 atom stereocenters. The minimum absolute atomic E-state index is 0.00792. The van der Waals surface area contributed by atoms with E-state index < -0.39 is 0 Å². The molecule has 1 aliphatic rings. The van der Waals surface area contributed by atoms with Crippen molar-refractivity contribution in [3.8, 4) is 5.75 Å². The molecule has 1 fully saturated rings. The van der Waals surface area contributed by atoms with Crippen LogP contribution < -0.4 is 10.1 Å². The Hall–Kier alpha value is -1.26. The second kappa shape index (κ2) is 5.18. The standard InChI is InChI=1S/C12H17NO3/c1-2-16-12-4-3-10(5-9(12)6-14)13-11-7-15-8-11/h3-5,11,13-14H,2,6-8H2,1H3. The third-order valence-electron chi connectivity index (χ3n) is 2.54. The highest BCUT2D eigenvalue weighted by atomic mass is 16.5. The van der Waals surface area contributed by atoms with Crippen molar-refractivity contribution in [3.05, 3.63) is 23.8 Å². The van der Waals surface area contributed by atoms with E-state index >= 15 is 0 Å². The predicted octanol–water partition coefficient (Wildman–Crippen LogP) is 1.39. The lowest BCUT2D eigenvalue weighted by Crippen LogP contribution is -2.40. The van der Waals surface area contributed by atoms with Crippen molar-refractivity contribution in [1.82, 2.24) is 0 Å². The molecule has 4 nitrogen and oxygen atoms in total. The minimum Gasteiger partial charge on any atom is -0.494 e. The second-order valence-electron chi connectivity index (χ2n) is 3.79. The molecular formula is C12H17NO3. The summed E-state index contributed by atoms with van der Waals surface area (Å²) in [5.74, 6) is 0.750. The van der Waals surface area contributed by atoms with Crippen molar-refractivity contribution >= 4 is 5.69 Å². The van der Waals surface area contributed by atoms with Crippen molar-refractivity contribution in [2.75, 3.05) is 25.1 Å².